The van der Waals surface area contributed by atoms with E-state index in [-0.39, 0.29) is 72.8 Å². The van der Waals surface area contributed by atoms with E-state index in [2.05, 4.69) is 54.2 Å². The molecule has 0 unspecified atom stereocenters. The Morgan fingerprint density at radius 3 is 1.84 bits per heavy atom. The van der Waals surface area contributed by atoms with Gasteiger partial charge in [0.15, 0.2) is 27.9 Å². The standard InChI is InChI=1S/C37H34N10O15S5/c1-20-16-30(29(39)19-28(20)38)44-41-22-2-4-25(5-3-22)47-66(53,54)27-12-8-24(9-13-27)43-46-36-32(67(55,56)57)18-21-17-31(63-61-59-49)35(34(40)33(21)37(36)48)45-42-23-6-10-26(11-7-23)65(51,52)15-14-58-64-62-60-50/h2-13,16-19,47-50H,14-15,38-40H2,1H3,(H,55,56,57). The van der Waals surface area contributed by atoms with E-state index in [4.69, 9.17) is 31.9 Å². The molecule has 0 saturated carbocycles. The third-order valence-corrected chi connectivity index (χ3v) is 13.9. The summed E-state index contributed by atoms with van der Waals surface area (Å²) in [6, 6.07) is 21.3. The van der Waals surface area contributed by atoms with E-state index in [9.17, 15) is 34.9 Å². The van der Waals surface area contributed by atoms with Gasteiger partial charge in [-0.3, -0.25) is 13.5 Å². The van der Waals surface area contributed by atoms with Crippen molar-refractivity contribution < 1.29 is 68.4 Å². The van der Waals surface area contributed by atoms with Gasteiger partial charge in [0, 0.05) is 11.4 Å². The zero-order chi connectivity index (χ0) is 48.5. The molecule has 0 aliphatic rings. The van der Waals surface area contributed by atoms with E-state index in [1.807, 2.05) is 0 Å². The summed E-state index contributed by atoms with van der Waals surface area (Å²) < 4.78 is 103. The highest BCUT2D eigenvalue weighted by Crippen LogP contribution is 2.49. The van der Waals surface area contributed by atoms with Crippen LogP contribution in [0.5, 0.6) is 5.75 Å². The van der Waals surface area contributed by atoms with E-state index in [0.717, 1.165) is 11.6 Å². The number of nitrogens with two attached hydrogens (primary N) is 3. The zero-order valence-electron chi connectivity index (χ0n) is 33.9. The first-order valence-electron chi connectivity index (χ1n) is 18.3. The first kappa shape index (κ1) is 50.0. The van der Waals surface area contributed by atoms with Crippen molar-refractivity contribution in [3.05, 3.63) is 103 Å². The van der Waals surface area contributed by atoms with Crippen molar-refractivity contribution in [2.75, 3.05) is 34.3 Å². The Balaban J connectivity index is 1.24. The quantitative estimate of drug-likeness (QED) is 0.00671. The summed E-state index contributed by atoms with van der Waals surface area (Å²) in [5.41, 5.74) is 19.6. The van der Waals surface area contributed by atoms with Crippen LogP contribution in [0.25, 0.3) is 10.8 Å². The lowest BCUT2D eigenvalue weighted by molar-refractivity contribution is -0.434. The van der Waals surface area contributed by atoms with E-state index in [0.29, 0.717) is 34.8 Å². The van der Waals surface area contributed by atoms with Gasteiger partial charge in [0.05, 0.1) is 72.9 Å². The second-order valence-electron chi connectivity index (χ2n) is 13.4. The molecule has 30 heteroatoms. The minimum atomic E-state index is -5.13. The topological polar surface area (TPSA) is 394 Å². The smallest absolute Gasteiger partial charge is 0.296 e. The maximum absolute atomic E-state index is 13.2. The molecule has 0 radical (unpaired) electrons. The zero-order valence-corrected chi connectivity index (χ0v) is 38.0. The Bertz CT molecular complexity index is 3220. The number of sulfone groups is 1. The molecule has 0 aromatic heterocycles. The molecule has 25 nitrogen and oxygen atoms in total. The average Bonchev–Trinajstić information content (AvgIpc) is 3.28. The number of rotatable bonds is 20. The van der Waals surface area contributed by atoms with Gasteiger partial charge in [-0.2, -0.15) is 23.8 Å². The molecule has 0 spiro atoms. The summed E-state index contributed by atoms with van der Waals surface area (Å²) in [6.07, 6.45) is 0. The van der Waals surface area contributed by atoms with Crippen LogP contribution in [0.1, 0.15) is 5.56 Å². The second kappa shape index (κ2) is 21.5. The van der Waals surface area contributed by atoms with Gasteiger partial charge in [-0.05, 0) is 115 Å². The minimum absolute atomic E-state index is 0.0179. The van der Waals surface area contributed by atoms with Crippen LogP contribution < -0.4 is 21.9 Å². The first-order valence-corrected chi connectivity index (χ1v) is 24.3. The summed E-state index contributed by atoms with van der Waals surface area (Å²) in [6.45, 7) is 1.48. The largest absolute Gasteiger partial charge is 0.505 e. The number of phenols is 1. The third kappa shape index (κ3) is 12.5. The maximum Gasteiger partial charge on any atom is 0.296 e. The van der Waals surface area contributed by atoms with Crippen molar-refractivity contribution in [3.63, 3.8) is 0 Å². The monoisotopic (exact) mass is 1020 g/mol. The van der Waals surface area contributed by atoms with Gasteiger partial charge < -0.3 is 22.3 Å². The van der Waals surface area contributed by atoms with Crippen molar-refractivity contribution in [1.29, 1.82) is 0 Å². The number of benzene rings is 6. The van der Waals surface area contributed by atoms with Gasteiger partial charge in [-0.25, -0.2) is 27.4 Å². The molecular formula is C37H34N10O15S5. The number of aryl methyl sites for hydroxylation is 1. The predicted molar refractivity (Wildman–Crippen MR) is 244 cm³/mol. The molecule has 0 saturated heterocycles. The molecule has 352 valence electrons. The van der Waals surface area contributed by atoms with Crippen LogP contribution in [0, 0.1) is 6.92 Å². The number of fused-ring (bicyclic) bond motifs is 1. The Morgan fingerprint density at radius 1 is 0.672 bits per heavy atom. The summed E-state index contributed by atoms with van der Waals surface area (Å²) in [5.74, 6) is -1.36. The first-order chi connectivity index (χ1) is 31.8. The van der Waals surface area contributed by atoms with Gasteiger partial charge in [0.1, 0.15) is 22.0 Å². The van der Waals surface area contributed by atoms with Crippen LogP contribution >= 0.6 is 24.4 Å². The molecule has 0 aliphatic heterocycles. The van der Waals surface area contributed by atoms with Crippen LogP contribution in [0.2, 0.25) is 0 Å². The van der Waals surface area contributed by atoms with E-state index >= 15 is 0 Å². The van der Waals surface area contributed by atoms with Gasteiger partial charge >= 0.3 is 0 Å². The lowest BCUT2D eigenvalue weighted by Crippen LogP contribution is -2.12. The molecule has 0 aliphatic carbocycles. The van der Waals surface area contributed by atoms with Gasteiger partial charge in [-0.15, -0.1) is 24.0 Å². The fourth-order valence-electron chi connectivity index (χ4n) is 5.71. The number of nitrogens with zero attached hydrogens (tertiary/aromatic N) is 6. The summed E-state index contributed by atoms with van der Waals surface area (Å²) in [7, 11) is -13.1. The Kier molecular flexibility index (Phi) is 16.0. The van der Waals surface area contributed by atoms with Crippen molar-refractivity contribution >= 4 is 122 Å². The second-order valence-corrected chi connectivity index (χ2v) is 19.8. The molecule has 6 aromatic rings. The minimum Gasteiger partial charge on any atom is -0.505 e. The van der Waals surface area contributed by atoms with Crippen LogP contribution in [-0.4, -0.2) is 57.8 Å². The SMILES string of the molecule is Cc1cc(N=Nc2ccc(NS(=O)(=O)c3ccc(N=Nc4c(S(=O)(=O)O)cc5cc(SOOO)c(N=Nc6ccc(S(=O)(=O)CCOSOOO)cc6)c(N)c5c4O)cc3)cc2)c(N)cc1N. The number of anilines is 4. The lowest BCUT2D eigenvalue weighted by Gasteiger charge is -2.14. The number of nitrogen functional groups attached to an aromatic ring is 3. The van der Waals surface area contributed by atoms with Gasteiger partial charge in [0.25, 0.3) is 20.1 Å². The van der Waals surface area contributed by atoms with Crippen LogP contribution in [0.4, 0.5) is 56.9 Å². The Hall–Kier alpha value is -6.39. The summed E-state index contributed by atoms with van der Waals surface area (Å²) in [4.78, 5) is -1.28. The summed E-state index contributed by atoms with van der Waals surface area (Å²) in [5, 5.41) is 59.3. The molecule has 0 fully saturated rings. The normalized spacial score (nSPS) is 12.5. The summed E-state index contributed by atoms with van der Waals surface area (Å²) >= 11 is 0.555. The highest BCUT2D eigenvalue weighted by molar-refractivity contribution is 7.94. The molecular weight excluding hydrogens is 985 g/mol. The highest BCUT2D eigenvalue weighted by Gasteiger charge is 2.26. The predicted octanol–water partition coefficient (Wildman–Crippen LogP) is 9.10. The third-order valence-electron chi connectivity index (χ3n) is 8.97. The van der Waals surface area contributed by atoms with Crippen LogP contribution in [-0.2, 0) is 52.9 Å². The molecule has 11 N–H and O–H groups in total. The highest BCUT2D eigenvalue weighted by atomic mass is 32.2. The number of nitrogens with one attached hydrogen (secondary N) is 1. The van der Waals surface area contributed by atoms with Crippen LogP contribution in [0.3, 0.4) is 0 Å². The number of aromatic hydroxyl groups is 1. The number of hydrogen-bond acceptors (Lipinski definition) is 25. The van der Waals surface area contributed by atoms with Gasteiger partial charge in [-0.1, -0.05) is 10.1 Å². The molecule has 0 amide bonds. The molecule has 6 aromatic carbocycles. The molecule has 0 atom stereocenters. The van der Waals surface area contributed by atoms with Crippen LogP contribution in [0.15, 0.2) is 147 Å². The number of phenolic OH excluding ortho intramolecular Hbond substituents is 1. The van der Waals surface area contributed by atoms with Crippen molar-refractivity contribution in [3.8, 4) is 5.75 Å². The number of azo groups is 3. The molecule has 0 bridgehead atoms. The van der Waals surface area contributed by atoms with E-state index < -0.39 is 52.1 Å². The maximum atomic E-state index is 13.2. The average molecular weight is 1020 g/mol. The van der Waals surface area contributed by atoms with Crippen molar-refractivity contribution in [1.82, 2.24) is 0 Å². The molecule has 0 heterocycles. The van der Waals surface area contributed by atoms with Crippen molar-refractivity contribution in [2.45, 2.75) is 26.5 Å². The van der Waals surface area contributed by atoms with Gasteiger partial charge in [0.2, 0.25) is 0 Å². The lowest BCUT2D eigenvalue weighted by atomic mass is 10.1. The number of sulfonamides is 1. The number of hydrogen-bond donors (Lipinski definition) is 8. The fraction of sp³-hybridized carbons (Fsp3) is 0.0811. The van der Waals surface area contributed by atoms with E-state index in [1.54, 1.807) is 19.1 Å². The molecule has 6 rings (SSSR count). The Morgan fingerprint density at radius 2 is 1.24 bits per heavy atom. The van der Waals surface area contributed by atoms with E-state index in [1.165, 1.54) is 78.9 Å². The molecule has 67 heavy (non-hydrogen) atoms. The fourth-order valence-corrected chi connectivity index (χ4v) is 9.35. The van der Waals surface area contributed by atoms with Crippen molar-refractivity contribution in [2.24, 2.45) is 30.7 Å². The Labute approximate surface area is 388 Å².